The maximum atomic E-state index is 12.3. The van der Waals surface area contributed by atoms with Crippen molar-refractivity contribution < 1.29 is 19.0 Å². The fraction of sp³-hybridized carbons (Fsp3) is 0.429. The van der Waals surface area contributed by atoms with E-state index in [2.05, 4.69) is 0 Å². The van der Waals surface area contributed by atoms with E-state index in [-0.39, 0.29) is 5.78 Å². The molecule has 0 aliphatic carbocycles. The molecule has 1 aromatic rings. The Morgan fingerprint density at radius 1 is 1.11 bits per heavy atom. The fourth-order valence-corrected chi connectivity index (χ4v) is 1.62. The van der Waals surface area contributed by atoms with E-state index in [4.69, 9.17) is 19.5 Å². The van der Waals surface area contributed by atoms with Crippen molar-refractivity contribution in [3.05, 3.63) is 17.7 Å². The van der Waals surface area contributed by atoms with Crippen LogP contribution in [0.2, 0.25) is 0 Å². The third-order valence-electron chi connectivity index (χ3n) is 2.77. The summed E-state index contributed by atoms with van der Waals surface area (Å²) in [5, 5.41) is 9.02. The van der Waals surface area contributed by atoms with Gasteiger partial charge in [-0.2, -0.15) is 5.26 Å². The van der Waals surface area contributed by atoms with Crippen molar-refractivity contribution >= 4 is 5.78 Å². The van der Waals surface area contributed by atoms with Gasteiger partial charge in [-0.25, -0.2) is 0 Å². The van der Waals surface area contributed by atoms with Crippen LogP contribution in [0, 0.1) is 16.7 Å². The monoisotopic (exact) mass is 263 g/mol. The lowest BCUT2D eigenvalue weighted by Crippen LogP contribution is -2.22. The van der Waals surface area contributed by atoms with Crippen LogP contribution >= 0.6 is 0 Å². The Kier molecular flexibility index (Phi) is 4.38. The van der Waals surface area contributed by atoms with E-state index < -0.39 is 5.41 Å². The minimum atomic E-state index is -1.11. The molecule has 0 aliphatic heterocycles. The van der Waals surface area contributed by atoms with E-state index in [0.29, 0.717) is 22.8 Å². The standard InChI is InChI=1S/C14H17NO4/c1-14(2,8-15)13(16)9-6-10(17-3)12(19-5)11(7-9)18-4/h6-7H,1-5H3. The van der Waals surface area contributed by atoms with Crippen molar-refractivity contribution in [3.8, 4) is 23.3 Å². The second kappa shape index (κ2) is 5.61. The zero-order valence-electron chi connectivity index (χ0n) is 11.7. The van der Waals surface area contributed by atoms with Gasteiger partial charge in [0.15, 0.2) is 17.3 Å². The molecule has 0 aromatic heterocycles. The molecular weight excluding hydrogens is 246 g/mol. The van der Waals surface area contributed by atoms with Crippen LogP contribution < -0.4 is 14.2 Å². The summed E-state index contributed by atoms with van der Waals surface area (Å²) >= 11 is 0. The van der Waals surface area contributed by atoms with Crippen LogP contribution in [0.1, 0.15) is 24.2 Å². The zero-order valence-corrected chi connectivity index (χ0v) is 11.7. The molecule has 1 aromatic carbocycles. The SMILES string of the molecule is COc1cc(C(=O)C(C)(C)C#N)cc(OC)c1OC. The van der Waals surface area contributed by atoms with Gasteiger partial charge < -0.3 is 14.2 Å². The number of hydrogen-bond donors (Lipinski definition) is 0. The summed E-state index contributed by atoms with van der Waals surface area (Å²) in [6.45, 7) is 3.14. The number of carbonyl (C=O) groups excluding carboxylic acids is 1. The summed E-state index contributed by atoms with van der Waals surface area (Å²) in [7, 11) is 4.43. The van der Waals surface area contributed by atoms with Gasteiger partial charge in [-0.1, -0.05) is 0 Å². The highest BCUT2D eigenvalue weighted by molar-refractivity contribution is 6.02. The van der Waals surface area contributed by atoms with Crippen molar-refractivity contribution in [1.29, 1.82) is 5.26 Å². The molecule has 19 heavy (non-hydrogen) atoms. The van der Waals surface area contributed by atoms with E-state index in [1.807, 2.05) is 6.07 Å². The first kappa shape index (κ1) is 14.8. The van der Waals surface area contributed by atoms with Gasteiger partial charge in [-0.3, -0.25) is 4.79 Å². The number of ketones is 1. The molecule has 0 bridgehead atoms. The number of Topliss-reactive ketones (excluding diaryl/α,β-unsaturated/α-hetero) is 1. The molecule has 5 nitrogen and oxygen atoms in total. The zero-order chi connectivity index (χ0) is 14.6. The normalized spacial score (nSPS) is 10.5. The first-order chi connectivity index (χ1) is 8.91. The quantitative estimate of drug-likeness (QED) is 0.763. The maximum Gasteiger partial charge on any atom is 0.203 e. The van der Waals surface area contributed by atoms with Crippen LogP contribution in [0.25, 0.3) is 0 Å². The van der Waals surface area contributed by atoms with E-state index >= 15 is 0 Å². The van der Waals surface area contributed by atoms with Gasteiger partial charge in [0.2, 0.25) is 5.75 Å². The van der Waals surface area contributed by atoms with Crippen molar-refractivity contribution in [2.45, 2.75) is 13.8 Å². The smallest absolute Gasteiger partial charge is 0.203 e. The summed E-state index contributed by atoms with van der Waals surface area (Å²) in [5.41, 5.74) is -0.758. The highest BCUT2D eigenvalue weighted by Crippen LogP contribution is 2.39. The second-order valence-electron chi connectivity index (χ2n) is 4.48. The van der Waals surface area contributed by atoms with Crippen LogP contribution in [0.15, 0.2) is 12.1 Å². The molecule has 0 amide bonds. The molecule has 5 heteroatoms. The molecule has 0 saturated heterocycles. The van der Waals surface area contributed by atoms with Gasteiger partial charge in [-0.15, -0.1) is 0 Å². The minimum Gasteiger partial charge on any atom is -0.493 e. The minimum absolute atomic E-state index is 0.297. The molecule has 0 N–H and O–H groups in total. The number of carbonyl (C=O) groups is 1. The first-order valence-corrected chi connectivity index (χ1v) is 5.67. The molecular formula is C14H17NO4. The highest BCUT2D eigenvalue weighted by atomic mass is 16.5. The lowest BCUT2D eigenvalue weighted by atomic mass is 9.85. The number of ether oxygens (including phenoxy) is 3. The van der Waals surface area contributed by atoms with Crippen LogP contribution in [0.3, 0.4) is 0 Å². The summed E-state index contributed by atoms with van der Waals surface area (Å²) in [6, 6.07) is 5.07. The summed E-state index contributed by atoms with van der Waals surface area (Å²) in [6.07, 6.45) is 0. The molecule has 0 heterocycles. The third-order valence-corrected chi connectivity index (χ3v) is 2.77. The summed E-state index contributed by atoms with van der Waals surface area (Å²) < 4.78 is 15.5. The Bertz CT molecular complexity index is 504. The number of rotatable bonds is 5. The second-order valence-corrected chi connectivity index (χ2v) is 4.48. The van der Waals surface area contributed by atoms with E-state index in [0.717, 1.165) is 0 Å². The predicted octanol–water partition coefficient (Wildman–Crippen LogP) is 2.44. The largest absolute Gasteiger partial charge is 0.493 e. The van der Waals surface area contributed by atoms with Gasteiger partial charge >= 0.3 is 0 Å². The average molecular weight is 263 g/mol. The molecule has 0 radical (unpaired) electrons. The fourth-order valence-electron chi connectivity index (χ4n) is 1.62. The van der Waals surface area contributed by atoms with Crippen LogP contribution in [0.5, 0.6) is 17.2 Å². The summed E-state index contributed by atoms with van der Waals surface area (Å²) in [4.78, 5) is 12.3. The van der Waals surface area contributed by atoms with Crippen molar-refractivity contribution in [1.82, 2.24) is 0 Å². The third kappa shape index (κ3) is 2.79. The van der Waals surface area contributed by atoms with Gasteiger partial charge in [0.05, 0.1) is 27.4 Å². The summed E-state index contributed by atoms with van der Waals surface area (Å²) in [5.74, 6) is 0.892. The molecule has 0 atom stereocenters. The first-order valence-electron chi connectivity index (χ1n) is 5.67. The Morgan fingerprint density at radius 3 is 1.89 bits per heavy atom. The maximum absolute atomic E-state index is 12.3. The number of methoxy groups -OCH3 is 3. The molecule has 102 valence electrons. The number of nitrogens with zero attached hydrogens (tertiary/aromatic N) is 1. The lowest BCUT2D eigenvalue weighted by Gasteiger charge is -2.17. The van der Waals surface area contributed by atoms with Gasteiger partial charge in [0.25, 0.3) is 0 Å². The predicted molar refractivity (Wildman–Crippen MR) is 69.8 cm³/mol. The van der Waals surface area contributed by atoms with Gasteiger partial charge in [0, 0.05) is 5.56 Å². The van der Waals surface area contributed by atoms with E-state index in [1.54, 1.807) is 26.0 Å². The van der Waals surface area contributed by atoms with Crippen LogP contribution in [-0.4, -0.2) is 27.1 Å². The molecule has 0 aliphatic rings. The molecule has 0 fully saturated rings. The molecule has 0 spiro atoms. The van der Waals surface area contributed by atoms with Crippen molar-refractivity contribution in [3.63, 3.8) is 0 Å². The van der Waals surface area contributed by atoms with Gasteiger partial charge in [-0.05, 0) is 26.0 Å². The van der Waals surface area contributed by atoms with Crippen LogP contribution in [-0.2, 0) is 0 Å². The topological polar surface area (TPSA) is 68.6 Å². The van der Waals surface area contributed by atoms with Crippen molar-refractivity contribution in [2.24, 2.45) is 5.41 Å². The highest BCUT2D eigenvalue weighted by Gasteiger charge is 2.30. The number of hydrogen-bond acceptors (Lipinski definition) is 5. The number of nitriles is 1. The number of benzene rings is 1. The Labute approximate surface area is 112 Å². The average Bonchev–Trinajstić information content (AvgIpc) is 2.44. The molecule has 0 unspecified atom stereocenters. The molecule has 0 saturated carbocycles. The Morgan fingerprint density at radius 2 is 1.58 bits per heavy atom. The van der Waals surface area contributed by atoms with E-state index in [1.165, 1.54) is 21.3 Å². The Hall–Kier alpha value is -2.22. The van der Waals surface area contributed by atoms with Gasteiger partial charge in [0.1, 0.15) is 5.41 Å². The lowest BCUT2D eigenvalue weighted by molar-refractivity contribution is 0.0891. The molecule has 1 rings (SSSR count). The van der Waals surface area contributed by atoms with Crippen LogP contribution in [0.4, 0.5) is 0 Å². The Balaban J connectivity index is 3.40. The van der Waals surface area contributed by atoms with E-state index in [9.17, 15) is 4.79 Å². The van der Waals surface area contributed by atoms with Crippen molar-refractivity contribution in [2.75, 3.05) is 21.3 Å².